The summed E-state index contributed by atoms with van der Waals surface area (Å²) in [6.07, 6.45) is 0. The highest BCUT2D eigenvalue weighted by Crippen LogP contribution is 2.11. The predicted octanol–water partition coefficient (Wildman–Crippen LogP) is 1.75. The van der Waals surface area contributed by atoms with Gasteiger partial charge in [-0.25, -0.2) is 0 Å². The van der Waals surface area contributed by atoms with Crippen LogP contribution in [0.1, 0.15) is 48.5 Å². The third kappa shape index (κ3) is 8.02. The van der Waals surface area contributed by atoms with Crippen LogP contribution in [0.4, 0.5) is 0 Å². The Hall–Kier alpha value is -1.26. The van der Waals surface area contributed by atoms with Gasteiger partial charge in [-0.2, -0.15) is 0 Å². The van der Waals surface area contributed by atoms with E-state index in [1.54, 1.807) is 0 Å². The molecule has 0 fully saturated rings. The summed E-state index contributed by atoms with van der Waals surface area (Å²) >= 11 is 0. The van der Waals surface area contributed by atoms with E-state index in [4.69, 9.17) is 0 Å². The van der Waals surface area contributed by atoms with Crippen LogP contribution in [0.5, 0.6) is 0 Å². The number of hydrogen-bond acceptors (Lipinski definition) is 2. The summed E-state index contributed by atoms with van der Waals surface area (Å²) in [4.78, 5) is 16.2. The van der Waals surface area contributed by atoms with Gasteiger partial charge in [-0.15, -0.1) is 0 Å². The summed E-state index contributed by atoms with van der Waals surface area (Å²) in [5.41, 5.74) is -0.349. The molecule has 0 aliphatic rings. The maximum atomic E-state index is 11.7. The lowest BCUT2D eigenvalue weighted by atomic mass is 9.96. The zero-order valence-electron chi connectivity index (χ0n) is 14.1. The van der Waals surface area contributed by atoms with Crippen molar-refractivity contribution in [3.63, 3.8) is 0 Å². The standard InChI is InChI=1S/C15H32N4O/c1-8-16-14(19-12(4)11(2)3)18-10-9-17-13(20)15(5,6)7/h11-12H,8-10H2,1-7H3,(H,17,20)(H2,16,18,19). The molecule has 0 heterocycles. The van der Waals surface area contributed by atoms with Gasteiger partial charge in [-0.1, -0.05) is 34.6 Å². The largest absolute Gasteiger partial charge is 0.357 e. The molecule has 0 aliphatic carbocycles. The van der Waals surface area contributed by atoms with Crippen LogP contribution in [-0.4, -0.2) is 37.5 Å². The highest BCUT2D eigenvalue weighted by molar-refractivity contribution is 5.81. The fourth-order valence-electron chi connectivity index (χ4n) is 1.30. The second-order valence-electron chi connectivity index (χ2n) is 6.44. The molecule has 1 atom stereocenters. The summed E-state index contributed by atoms with van der Waals surface area (Å²) in [6.45, 7) is 16.2. The van der Waals surface area contributed by atoms with E-state index < -0.39 is 0 Å². The van der Waals surface area contributed by atoms with Crippen molar-refractivity contribution in [3.05, 3.63) is 0 Å². The Bertz CT molecular complexity index is 318. The first-order valence-corrected chi connectivity index (χ1v) is 7.51. The molecule has 0 rings (SSSR count). The Labute approximate surface area is 124 Å². The summed E-state index contributed by atoms with van der Waals surface area (Å²) in [7, 11) is 0. The third-order valence-electron chi connectivity index (χ3n) is 3.06. The lowest BCUT2D eigenvalue weighted by Gasteiger charge is -2.21. The van der Waals surface area contributed by atoms with Crippen LogP contribution in [-0.2, 0) is 4.79 Å². The van der Waals surface area contributed by atoms with Crippen LogP contribution < -0.4 is 16.0 Å². The van der Waals surface area contributed by atoms with Gasteiger partial charge in [0, 0.05) is 24.5 Å². The van der Waals surface area contributed by atoms with Gasteiger partial charge in [0.2, 0.25) is 5.91 Å². The lowest BCUT2D eigenvalue weighted by molar-refractivity contribution is -0.128. The summed E-state index contributed by atoms with van der Waals surface area (Å²) in [6, 6.07) is 0.358. The Morgan fingerprint density at radius 3 is 2.20 bits per heavy atom. The first kappa shape index (κ1) is 18.7. The number of nitrogens with one attached hydrogen (secondary N) is 3. The van der Waals surface area contributed by atoms with Gasteiger partial charge in [-0.05, 0) is 19.8 Å². The van der Waals surface area contributed by atoms with Gasteiger partial charge < -0.3 is 16.0 Å². The van der Waals surface area contributed by atoms with Gasteiger partial charge >= 0.3 is 0 Å². The molecule has 0 aromatic carbocycles. The molecule has 0 spiro atoms. The first-order chi connectivity index (χ1) is 9.18. The minimum absolute atomic E-state index is 0.0567. The van der Waals surface area contributed by atoms with Gasteiger partial charge in [0.25, 0.3) is 0 Å². The molecule has 0 aromatic heterocycles. The van der Waals surface area contributed by atoms with Crippen LogP contribution in [0, 0.1) is 11.3 Å². The highest BCUT2D eigenvalue weighted by atomic mass is 16.2. The molecule has 5 nitrogen and oxygen atoms in total. The van der Waals surface area contributed by atoms with E-state index >= 15 is 0 Å². The molecule has 3 N–H and O–H groups in total. The maximum absolute atomic E-state index is 11.7. The average Bonchev–Trinajstić information content (AvgIpc) is 2.32. The average molecular weight is 284 g/mol. The second kappa shape index (κ2) is 8.82. The number of carbonyl (C=O) groups excluding carboxylic acids is 1. The molecule has 0 saturated carbocycles. The van der Waals surface area contributed by atoms with Crippen LogP contribution in [0.15, 0.2) is 4.99 Å². The number of amides is 1. The predicted molar refractivity (Wildman–Crippen MR) is 85.9 cm³/mol. The van der Waals surface area contributed by atoms with Crippen molar-refractivity contribution in [1.29, 1.82) is 0 Å². The molecular formula is C15H32N4O. The minimum Gasteiger partial charge on any atom is -0.357 e. The molecule has 118 valence electrons. The van der Waals surface area contributed by atoms with Crippen LogP contribution in [0.2, 0.25) is 0 Å². The first-order valence-electron chi connectivity index (χ1n) is 7.51. The van der Waals surface area contributed by atoms with E-state index in [9.17, 15) is 4.79 Å². The zero-order chi connectivity index (χ0) is 15.8. The Morgan fingerprint density at radius 1 is 1.15 bits per heavy atom. The summed E-state index contributed by atoms with van der Waals surface area (Å²) in [5, 5.41) is 9.47. The smallest absolute Gasteiger partial charge is 0.225 e. The summed E-state index contributed by atoms with van der Waals surface area (Å²) in [5.74, 6) is 1.40. The number of aliphatic imine (C=N–C) groups is 1. The molecule has 0 radical (unpaired) electrons. The SMILES string of the molecule is CCNC(=NCCNC(=O)C(C)(C)C)NC(C)C(C)C. The number of carbonyl (C=O) groups is 1. The maximum Gasteiger partial charge on any atom is 0.225 e. The quantitative estimate of drug-likeness (QED) is 0.395. The molecule has 5 heteroatoms. The van der Waals surface area contributed by atoms with Crippen molar-refractivity contribution in [3.8, 4) is 0 Å². The Kier molecular flexibility index (Phi) is 8.26. The van der Waals surface area contributed by atoms with E-state index in [1.807, 2.05) is 27.7 Å². The van der Waals surface area contributed by atoms with Gasteiger partial charge in [0.15, 0.2) is 5.96 Å². The number of hydrogen-bond donors (Lipinski definition) is 3. The molecule has 1 amide bonds. The van der Waals surface area contributed by atoms with Crippen molar-refractivity contribution < 1.29 is 4.79 Å². The molecular weight excluding hydrogens is 252 g/mol. The molecule has 1 unspecified atom stereocenters. The van der Waals surface area contributed by atoms with E-state index in [0.29, 0.717) is 25.0 Å². The molecule has 0 saturated heterocycles. The van der Waals surface area contributed by atoms with Crippen LogP contribution in [0.3, 0.4) is 0 Å². The Balaban J connectivity index is 4.25. The monoisotopic (exact) mass is 284 g/mol. The topological polar surface area (TPSA) is 65.5 Å². The van der Waals surface area contributed by atoms with E-state index in [-0.39, 0.29) is 11.3 Å². The van der Waals surface area contributed by atoms with Gasteiger partial charge in [-0.3, -0.25) is 9.79 Å². The third-order valence-corrected chi connectivity index (χ3v) is 3.06. The number of rotatable bonds is 6. The van der Waals surface area contributed by atoms with Crippen molar-refractivity contribution in [2.45, 2.75) is 54.5 Å². The molecule has 0 aliphatic heterocycles. The van der Waals surface area contributed by atoms with Gasteiger partial charge in [0.1, 0.15) is 0 Å². The van der Waals surface area contributed by atoms with Crippen LogP contribution >= 0.6 is 0 Å². The molecule has 0 bridgehead atoms. The van der Waals surface area contributed by atoms with Crippen molar-refractivity contribution in [1.82, 2.24) is 16.0 Å². The fourth-order valence-corrected chi connectivity index (χ4v) is 1.30. The van der Waals surface area contributed by atoms with E-state index in [1.165, 1.54) is 0 Å². The normalized spacial score (nSPS) is 14.1. The van der Waals surface area contributed by atoms with Crippen molar-refractivity contribution in [2.75, 3.05) is 19.6 Å². The second-order valence-corrected chi connectivity index (χ2v) is 6.44. The lowest BCUT2D eigenvalue weighted by Crippen LogP contribution is -2.44. The van der Waals surface area contributed by atoms with Crippen molar-refractivity contribution in [2.24, 2.45) is 16.3 Å². The van der Waals surface area contributed by atoms with E-state index in [2.05, 4.69) is 41.7 Å². The fraction of sp³-hybridized carbons (Fsp3) is 0.867. The highest BCUT2D eigenvalue weighted by Gasteiger charge is 2.20. The van der Waals surface area contributed by atoms with Gasteiger partial charge in [0.05, 0.1) is 6.54 Å². The zero-order valence-corrected chi connectivity index (χ0v) is 14.1. The van der Waals surface area contributed by atoms with E-state index in [0.717, 1.165) is 12.5 Å². The molecule has 20 heavy (non-hydrogen) atoms. The van der Waals surface area contributed by atoms with Crippen molar-refractivity contribution >= 4 is 11.9 Å². The number of guanidine groups is 1. The Morgan fingerprint density at radius 2 is 1.75 bits per heavy atom. The van der Waals surface area contributed by atoms with Crippen LogP contribution in [0.25, 0.3) is 0 Å². The number of nitrogens with zero attached hydrogens (tertiary/aromatic N) is 1. The minimum atomic E-state index is -0.349. The molecule has 0 aromatic rings. The summed E-state index contributed by atoms with van der Waals surface area (Å²) < 4.78 is 0.